The number of hydrogen-bond donors (Lipinski definition) is 1. The summed E-state index contributed by atoms with van der Waals surface area (Å²) in [6, 6.07) is 16.0. The molecule has 0 saturated heterocycles. The zero-order chi connectivity index (χ0) is 15.1. The Morgan fingerprint density at radius 3 is 2.33 bits per heavy atom. The lowest BCUT2D eigenvalue weighted by atomic mass is 10.2. The minimum atomic E-state index is 0.473. The molecule has 112 valence electrons. The molecule has 0 amide bonds. The molecule has 2 rings (SSSR count). The molecule has 0 spiro atoms. The van der Waals surface area contributed by atoms with Crippen LogP contribution in [0, 0.1) is 5.92 Å². The van der Waals surface area contributed by atoms with Crippen LogP contribution < -0.4 is 15.2 Å². The lowest BCUT2D eigenvalue weighted by molar-refractivity contribution is 0.239. The Kier molecular flexibility index (Phi) is 5.64. The van der Waals surface area contributed by atoms with E-state index < -0.39 is 0 Å². The molecule has 2 N–H and O–H groups in total. The predicted molar refractivity (Wildman–Crippen MR) is 85.4 cm³/mol. The van der Waals surface area contributed by atoms with Crippen molar-refractivity contribution in [2.45, 2.75) is 27.0 Å². The third-order valence-corrected chi connectivity index (χ3v) is 3.05. The molecule has 0 aromatic heterocycles. The number of hydrogen-bond acceptors (Lipinski definition) is 3. The van der Waals surface area contributed by atoms with Crippen molar-refractivity contribution in [1.82, 2.24) is 0 Å². The van der Waals surface area contributed by atoms with Gasteiger partial charge in [0.15, 0.2) is 11.5 Å². The fraction of sp³-hybridized carbons (Fsp3) is 0.333. The molecule has 0 unspecified atom stereocenters. The second-order valence-corrected chi connectivity index (χ2v) is 5.46. The van der Waals surface area contributed by atoms with E-state index in [0.29, 0.717) is 25.7 Å². The standard InChI is InChI=1S/C18H23NO2/c1-14(2)12-20-17-9-8-16(11-19)10-18(17)21-13-15-6-4-3-5-7-15/h3-10,14H,11-13,19H2,1-2H3. The average molecular weight is 285 g/mol. The molecule has 0 aliphatic carbocycles. The Bertz CT molecular complexity index is 552. The minimum absolute atomic E-state index is 0.473. The quantitative estimate of drug-likeness (QED) is 0.842. The normalized spacial score (nSPS) is 10.7. The van der Waals surface area contributed by atoms with E-state index in [2.05, 4.69) is 13.8 Å². The van der Waals surface area contributed by atoms with Gasteiger partial charge >= 0.3 is 0 Å². The van der Waals surface area contributed by atoms with Gasteiger partial charge in [0, 0.05) is 6.54 Å². The zero-order valence-corrected chi connectivity index (χ0v) is 12.7. The van der Waals surface area contributed by atoms with E-state index in [-0.39, 0.29) is 0 Å². The lowest BCUT2D eigenvalue weighted by Gasteiger charge is -2.15. The molecule has 0 bridgehead atoms. The van der Waals surface area contributed by atoms with E-state index in [9.17, 15) is 0 Å². The first-order valence-corrected chi connectivity index (χ1v) is 7.31. The molecule has 0 radical (unpaired) electrons. The summed E-state index contributed by atoms with van der Waals surface area (Å²) in [5.74, 6) is 2.00. The van der Waals surface area contributed by atoms with E-state index >= 15 is 0 Å². The maximum absolute atomic E-state index is 5.92. The van der Waals surface area contributed by atoms with Gasteiger partial charge in [-0.3, -0.25) is 0 Å². The van der Waals surface area contributed by atoms with Crippen LogP contribution in [0.25, 0.3) is 0 Å². The molecule has 0 aliphatic heterocycles. The van der Waals surface area contributed by atoms with Crippen molar-refractivity contribution in [1.29, 1.82) is 0 Å². The highest BCUT2D eigenvalue weighted by Crippen LogP contribution is 2.29. The minimum Gasteiger partial charge on any atom is -0.489 e. The number of rotatable bonds is 7. The van der Waals surface area contributed by atoms with Gasteiger partial charge in [0.25, 0.3) is 0 Å². The number of nitrogens with two attached hydrogens (primary N) is 1. The smallest absolute Gasteiger partial charge is 0.162 e. The molecule has 21 heavy (non-hydrogen) atoms. The van der Waals surface area contributed by atoms with Crippen LogP contribution in [-0.4, -0.2) is 6.61 Å². The first-order valence-electron chi connectivity index (χ1n) is 7.31. The Morgan fingerprint density at radius 2 is 1.67 bits per heavy atom. The summed E-state index contributed by atoms with van der Waals surface area (Å²) in [6.07, 6.45) is 0. The third-order valence-electron chi connectivity index (χ3n) is 3.05. The van der Waals surface area contributed by atoms with Crippen LogP contribution in [0.1, 0.15) is 25.0 Å². The maximum Gasteiger partial charge on any atom is 0.162 e. The molecule has 3 heteroatoms. The topological polar surface area (TPSA) is 44.5 Å². The van der Waals surface area contributed by atoms with Gasteiger partial charge in [-0.1, -0.05) is 50.2 Å². The first-order chi connectivity index (χ1) is 10.2. The largest absolute Gasteiger partial charge is 0.489 e. The number of benzene rings is 2. The predicted octanol–water partition coefficient (Wildman–Crippen LogP) is 3.76. The molecular formula is C18H23NO2. The van der Waals surface area contributed by atoms with Crippen molar-refractivity contribution in [3.05, 3.63) is 59.7 Å². The van der Waals surface area contributed by atoms with Gasteiger partial charge in [-0.05, 0) is 29.2 Å². The van der Waals surface area contributed by atoms with Crippen LogP contribution in [0.4, 0.5) is 0 Å². The Morgan fingerprint density at radius 1 is 0.905 bits per heavy atom. The van der Waals surface area contributed by atoms with Crippen LogP contribution in [0.3, 0.4) is 0 Å². The molecule has 2 aromatic carbocycles. The van der Waals surface area contributed by atoms with E-state index in [4.69, 9.17) is 15.2 Å². The molecule has 2 aromatic rings. The highest BCUT2D eigenvalue weighted by atomic mass is 16.5. The van der Waals surface area contributed by atoms with Crippen molar-refractivity contribution in [3.8, 4) is 11.5 Å². The summed E-state index contributed by atoms with van der Waals surface area (Å²) in [7, 11) is 0. The van der Waals surface area contributed by atoms with Crippen LogP contribution in [0.2, 0.25) is 0 Å². The van der Waals surface area contributed by atoms with E-state index in [1.54, 1.807) is 0 Å². The van der Waals surface area contributed by atoms with Gasteiger partial charge < -0.3 is 15.2 Å². The summed E-state index contributed by atoms with van der Waals surface area (Å²) >= 11 is 0. The molecule has 0 saturated carbocycles. The van der Waals surface area contributed by atoms with Crippen molar-refractivity contribution < 1.29 is 9.47 Å². The van der Waals surface area contributed by atoms with Gasteiger partial charge in [0.2, 0.25) is 0 Å². The lowest BCUT2D eigenvalue weighted by Crippen LogP contribution is -2.07. The van der Waals surface area contributed by atoms with Gasteiger partial charge in [-0.25, -0.2) is 0 Å². The van der Waals surface area contributed by atoms with Crippen LogP contribution in [0.15, 0.2) is 48.5 Å². The van der Waals surface area contributed by atoms with Crippen LogP contribution >= 0.6 is 0 Å². The highest BCUT2D eigenvalue weighted by molar-refractivity contribution is 5.43. The molecule has 3 nitrogen and oxygen atoms in total. The average Bonchev–Trinajstić information content (AvgIpc) is 2.52. The molecule has 0 heterocycles. The Balaban J connectivity index is 2.10. The second kappa shape index (κ2) is 7.70. The Hall–Kier alpha value is -2.00. The van der Waals surface area contributed by atoms with Gasteiger partial charge in [-0.2, -0.15) is 0 Å². The summed E-state index contributed by atoms with van der Waals surface area (Å²) in [4.78, 5) is 0. The Labute approximate surface area is 126 Å². The molecule has 0 aliphatic rings. The van der Waals surface area contributed by atoms with Crippen molar-refractivity contribution in [2.24, 2.45) is 11.7 Å². The molecule has 0 atom stereocenters. The van der Waals surface area contributed by atoms with Gasteiger partial charge in [0.1, 0.15) is 6.61 Å². The summed E-state index contributed by atoms with van der Waals surface area (Å²) in [6.45, 7) is 5.93. The van der Waals surface area contributed by atoms with E-state index in [1.165, 1.54) is 0 Å². The van der Waals surface area contributed by atoms with Gasteiger partial charge in [-0.15, -0.1) is 0 Å². The summed E-state index contributed by atoms with van der Waals surface area (Å²) in [5.41, 5.74) is 7.87. The van der Waals surface area contributed by atoms with E-state index in [1.807, 2.05) is 48.5 Å². The van der Waals surface area contributed by atoms with E-state index in [0.717, 1.165) is 22.6 Å². The van der Waals surface area contributed by atoms with Crippen molar-refractivity contribution in [3.63, 3.8) is 0 Å². The third kappa shape index (κ3) is 4.80. The molecule has 0 fully saturated rings. The highest BCUT2D eigenvalue weighted by Gasteiger charge is 2.08. The fourth-order valence-corrected chi connectivity index (χ4v) is 1.90. The summed E-state index contributed by atoms with van der Waals surface area (Å²) in [5, 5.41) is 0. The van der Waals surface area contributed by atoms with Crippen molar-refractivity contribution >= 4 is 0 Å². The monoisotopic (exact) mass is 285 g/mol. The maximum atomic E-state index is 5.92. The van der Waals surface area contributed by atoms with Crippen molar-refractivity contribution in [2.75, 3.05) is 6.61 Å². The number of ether oxygens (including phenoxy) is 2. The zero-order valence-electron chi connectivity index (χ0n) is 12.7. The van der Waals surface area contributed by atoms with Crippen LogP contribution in [-0.2, 0) is 13.2 Å². The first kappa shape index (κ1) is 15.4. The van der Waals surface area contributed by atoms with Gasteiger partial charge in [0.05, 0.1) is 6.61 Å². The second-order valence-electron chi connectivity index (χ2n) is 5.46. The SMILES string of the molecule is CC(C)COc1ccc(CN)cc1OCc1ccccc1. The van der Waals surface area contributed by atoms with Crippen LogP contribution in [0.5, 0.6) is 11.5 Å². The summed E-state index contributed by atoms with van der Waals surface area (Å²) < 4.78 is 11.7. The molecular weight excluding hydrogens is 262 g/mol. The fourth-order valence-electron chi connectivity index (χ4n) is 1.90.